The van der Waals surface area contributed by atoms with Crippen LogP contribution in [0.3, 0.4) is 0 Å². The minimum absolute atomic E-state index is 0.0162. The number of rotatable bonds is 4. The highest BCUT2D eigenvalue weighted by molar-refractivity contribution is 5.77. The Labute approximate surface area is 104 Å². The molecule has 0 radical (unpaired) electrons. The molecule has 92 valence electrons. The summed E-state index contributed by atoms with van der Waals surface area (Å²) in [5, 5.41) is 8.95. The van der Waals surface area contributed by atoms with Crippen molar-refractivity contribution in [3.63, 3.8) is 0 Å². The lowest BCUT2D eigenvalue weighted by Crippen LogP contribution is -2.32. The quantitative estimate of drug-likeness (QED) is 0.885. The minimum Gasteiger partial charge on any atom is -0.480 e. The van der Waals surface area contributed by atoms with E-state index in [2.05, 4.69) is 9.97 Å². The van der Waals surface area contributed by atoms with E-state index in [4.69, 9.17) is 5.11 Å². The molecular weight excluding hydrogens is 230 g/mol. The standard InChI is InChI=1S/C13H13N3O2/c17-13(18)8-16(9-5-6-9)12-7-14-10-3-1-2-4-11(10)15-12/h1-4,7,9H,5-6,8H2,(H,17,18). The Morgan fingerprint density at radius 1 is 1.33 bits per heavy atom. The topological polar surface area (TPSA) is 66.3 Å². The van der Waals surface area contributed by atoms with Gasteiger partial charge < -0.3 is 10.0 Å². The maximum Gasteiger partial charge on any atom is 0.323 e. The summed E-state index contributed by atoms with van der Waals surface area (Å²) in [5.41, 5.74) is 1.62. The van der Waals surface area contributed by atoms with Gasteiger partial charge in [0.05, 0.1) is 17.2 Å². The zero-order chi connectivity index (χ0) is 12.5. The van der Waals surface area contributed by atoms with Crippen LogP contribution in [0.5, 0.6) is 0 Å². The van der Waals surface area contributed by atoms with Gasteiger partial charge in [-0.2, -0.15) is 0 Å². The Kier molecular flexibility index (Phi) is 2.59. The van der Waals surface area contributed by atoms with Crippen molar-refractivity contribution in [3.8, 4) is 0 Å². The summed E-state index contributed by atoms with van der Waals surface area (Å²) >= 11 is 0. The van der Waals surface area contributed by atoms with E-state index in [1.165, 1.54) is 0 Å². The Balaban J connectivity index is 1.98. The highest BCUT2D eigenvalue weighted by Gasteiger charge is 2.31. The van der Waals surface area contributed by atoms with Crippen LogP contribution in [-0.2, 0) is 4.79 Å². The summed E-state index contributed by atoms with van der Waals surface area (Å²) in [7, 11) is 0. The lowest BCUT2D eigenvalue weighted by atomic mass is 10.3. The second-order valence-corrected chi connectivity index (χ2v) is 4.47. The van der Waals surface area contributed by atoms with Gasteiger partial charge in [0.25, 0.3) is 0 Å². The third-order valence-electron chi connectivity index (χ3n) is 3.02. The number of hydrogen-bond donors (Lipinski definition) is 1. The van der Waals surface area contributed by atoms with Crippen LogP contribution in [-0.4, -0.2) is 33.6 Å². The molecule has 2 aromatic rings. The van der Waals surface area contributed by atoms with Crippen molar-refractivity contribution in [1.29, 1.82) is 0 Å². The summed E-state index contributed by atoms with van der Waals surface area (Å²) in [6.45, 7) is -0.0162. The van der Waals surface area contributed by atoms with Crippen LogP contribution in [0.4, 0.5) is 5.82 Å². The molecule has 1 aliphatic carbocycles. The SMILES string of the molecule is O=C(O)CN(c1cnc2ccccc2n1)C1CC1. The van der Waals surface area contributed by atoms with E-state index in [1.807, 2.05) is 29.2 Å². The number of carboxylic acids is 1. The number of carboxylic acid groups (broad SMARTS) is 1. The van der Waals surface area contributed by atoms with Crippen LogP contribution in [0, 0.1) is 0 Å². The van der Waals surface area contributed by atoms with Gasteiger partial charge >= 0.3 is 5.97 Å². The first-order valence-electron chi connectivity index (χ1n) is 5.94. The molecule has 1 saturated carbocycles. The molecule has 0 bridgehead atoms. The van der Waals surface area contributed by atoms with Crippen molar-refractivity contribution in [2.75, 3.05) is 11.4 Å². The van der Waals surface area contributed by atoms with E-state index in [0.717, 1.165) is 23.9 Å². The lowest BCUT2D eigenvalue weighted by Gasteiger charge is -2.20. The predicted molar refractivity (Wildman–Crippen MR) is 67.5 cm³/mol. The third kappa shape index (κ3) is 2.11. The van der Waals surface area contributed by atoms with Crippen LogP contribution >= 0.6 is 0 Å². The number of fused-ring (bicyclic) bond motifs is 1. The van der Waals surface area contributed by atoms with E-state index in [-0.39, 0.29) is 6.54 Å². The molecule has 18 heavy (non-hydrogen) atoms. The zero-order valence-corrected chi connectivity index (χ0v) is 9.78. The second-order valence-electron chi connectivity index (χ2n) is 4.47. The number of nitrogens with zero attached hydrogens (tertiary/aromatic N) is 3. The number of aliphatic carboxylic acids is 1. The van der Waals surface area contributed by atoms with E-state index >= 15 is 0 Å². The largest absolute Gasteiger partial charge is 0.480 e. The fraction of sp³-hybridized carbons (Fsp3) is 0.308. The molecule has 3 rings (SSSR count). The van der Waals surface area contributed by atoms with Crippen LogP contribution in [0.15, 0.2) is 30.5 Å². The monoisotopic (exact) mass is 243 g/mol. The molecule has 0 atom stereocenters. The van der Waals surface area contributed by atoms with Crippen molar-refractivity contribution < 1.29 is 9.90 Å². The first-order chi connectivity index (χ1) is 8.74. The summed E-state index contributed by atoms with van der Waals surface area (Å²) in [6.07, 6.45) is 3.72. The van der Waals surface area contributed by atoms with Crippen LogP contribution in [0.2, 0.25) is 0 Å². The third-order valence-corrected chi connectivity index (χ3v) is 3.02. The highest BCUT2D eigenvalue weighted by Crippen LogP contribution is 2.30. The molecule has 1 heterocycles. The van der Waals surface area contributed by atoms with Gasteiger partial charge in [0.1, 0.15) is 12.4 Å². The molecule has 1 aliphatic rings. The first kappa shape index (κ1) is 11.0. The Morgan fingerprint density at radius 2 is 2.06 bits per heavy atom. The Morgan fingerprint density at radius 3 is 2.72 bits per heavy atom. The average molecular weight is 243 g/mol. The summed E-state index contributed by atoms with van der Waals surface area (Å²) in [4.78, 5) is 21.5. The van der Waals surface area contributed by atoms with Crippen LogP contribution < -0.4 is 4.90 Å². The lowest BCUT2D eigenvalue weighted by molar-refractivity contribution is -0.135. The minimum atomic E-state index is -0.836. The number of aromatic nitrogens is 2. The van der Waals surface area contributed by atoms with E-state index in [9.17, 15) is 4.79 Å². The number of benzene rings is 1. The second kappa shape index (κ2) is 4.25. The van der Waals surface area contributed by atoms with Crippen LogP contribution in [0.1, 0.15) is 12.8 Å². The molecular formula is C13H13N3O2. The number of para-hydroxylation sites is 2. The van der Waals surface area contributed by atoms with Crippen molar-refractivity contribution >= 4 is 22.8 Å². The van der Waals surface area contributed by atoms with Gasteiger partial charge in [-0.3, -0.25) is 9.78 Å². The normalized spacial score (nSPS) is 14.7. The molecule has 0 unspecified atom stereocenters. The molecule has 1 aromatic carbocycles. The van der Waals surface area contributed by atoms with Crippen molar-refractivity contribution in [2.45, 2.75) is 18.9 Å². The van der Waals surface area contributed by atoms with Crippen molar-refractivity contribution in [1.82, 2.24) is 9.97 Å². The smallest absolute Gasteiger partial charge is 0.323 e. The van der Waals surface area contributed by atoms with Crippen molar-refractivity contribution in [3.05, 3.63) is 30.5 Å². The van der Waals surface area contributed by atoms with Crippen LogP contribution in [0.25, 0.3) is 11.0 Å². The molecule has 1 fully saturated rings. The maximum atomic E-state index is 10.9. The van der Waals surface area contributed by atoms with Gasteiger partial charge in [0.15, 0.2) is 0 Å². The van der Waals surface area contributed by atoms with E-state index < -0.39 is 5.97 Å². The average Bonchev–Trinajstić information content (AvgIpc) is 3.19. The van der Waals surface area contributed by atoms with Gasteiger partial charge in [-0.15, -0.1) is 0 Å². The molecule has 0 saturated heterocycles. The molecule has 5 nitrogen and oxygen atoms in total. The number of hydrogen-bond acceptors (Lipinski definition) is 4. The Hall–Kier alpha value is -2.17. The van der Waals surface area contributed by atoms with Gasteiger partial charge in [-0.05, 0) is 25.0 Å². The fourth-order valence-electron chi connectivity index (χ4n) is 2.01. The molecule has 1 N–H and O–H groups in total. The van der Waals surface area contributed by atoms with E-state index in [1.54, 1.807) is 6.20 Å². The predicted octanol–water partition coefficient (Wildman–Crippen LogP) is 1.68. The maximum absolute atomic E-state index is 10.9. The van der Waals surface area contributed by atoms with Gasteiger partial charge in [-0.25, -0.2) is 4.98 Å². The first-order valence-corrected chi connectivity index (χ1v) is 5.94. The van der Waals surface area contributed by atoms with Gasteiger partial charge in [-0.1, -0.05) is 12.1 Å². The molecule has 0 amide bonds. The fourth-order valence-corrected chi connectivity index (χ4v) is 2.01. The van der Waals surface area contributed by atoms with Crippen molar-refractivity contribution in [2.24, 2.45) is 0 Å². The summed E-state index contributed by atoms with van der Waals surface area (Å²) < 4.78 is 0. The van der Waals surface area contributed by atoms with Gasteiger partial charge in [0.2, 0.25) is 0 Å². The number of anilines is 1. The summed E-state index contributed by atoms with van der Waals surface area (Å²) in [6, 6.07) is 7.89. The molecule has 5 heteroatoms. The highest BCUT2D eigenvalue weighted by atomic mass is 16.4. The van der Waals surface area contributed by atoms with Gasteiger partial charge in [0, 0.05) is 6.04 Å². The molecule has 0 spiro atoms. The van der Waals surface area contributed by atoms with E-state index in [0.29, 0.717) is 11.9 Å². The zero-order valence-electron chi connectivity index (χ0n) is 9.78. The Bertz CT molecular complexity index is 596. The summed E-state index contributed by atoms with van der Waals surface area (Å²) in [5.74, 6) is -0.185. The molecule has 1 aromatic heterocycles. The molecule has 0 aliphatic heterocycles. The number of carbonyl (C=O) groups is 1.